The number of aromatic nitrogens is 1. The number of nitrogens with zero attached hydrogens (tertiary/aromatic N) is 3. The molecule has 1 fully saturated rings. The van der Waals surface area contributed by atoms with Gasteiger partial charge in [0, 0.05) is 48.8 Å². The number of hydrogen-bond donors (Lipinski definition) is 0. The first kappa shape index (κ1) is 20.4. The van der Waals surface area contributed by atoms with E-state index >= 15 is 0 Å². The molecule has 3 aromatic rings. The lowest BCUT2D eigenvalue weighted by Gasteiger charge is -2.32. The highest BCUT2D eigenvalue weighted by molar-refractivity contribution is 9.10. The van der Waals surface area contributed by atoms with Gasteiger partial charge in [-0.3, -0.25) is 4.90 Å². The van der Waals surface area contributed by atoms with Gasteiger partial charge in [0.25, 0.3) is 10.0 Å². The van der Waals surface area contributed by atoms with E-state index in [-0.39, 0.29) is 4.90 Å². The Bertz CT molecular complexity index is 1140. The molecule has 0 unspecified atom stereocenters. The molecule has 154 valence electrons. The van der Waals surface area contributed by atoms with E-state index in [1.54, 1.807) is 43.6 Å². The Morgan fingerprint density at radius 2 is 1.79 bits per heavy atom. The Hall–Kier alpha value is -1.87. The minimum Gasteiger partial charge on any atom is -0.497 e. The Kier molecular flexibility index (Phi) is 5.70. The maximum atomic E-state index is 13.4. The maximum absolute atomic E-state index is 13.4. The standard InChI is InChI=1S/C21H24BrN3O3S/c1-23-9-11-24(12-10-23)15-17-14-19(4-5-20(17)22)29(26,27)25-8-7-16-13-18(28-2)3-6-21(16)25/h3-8,13-14H,9-12,15H2,1-2H3. The molecule has 0 radical (unpaired) electrons. The minimum absolute atomic E-state index is 0.290. The highest BCUT2D eigenvalue weighted by Crippen LogP contribution is 2.28. The van der Waals surface area contributed by atoms with Crippen molar-refractivity contribution >= 4 is 36.9 Å². The predicted octanol–water partition coefficient (Wildman–Crippen LogP) is 3.40. The Labute approximate surface area is 179 Å². The molecule has 0 N–H and O–H groups in total. The lowest BCUT2D eigenvalue weighted by atomic mass is 10.2. The first-order valence-electron chi connectivity index (χ1n) is 9.48. The number of piperazine rings is 1. The van der Waals surface area contributed by atoms with Crippen molar-refractivity contribution in [2.75, 3.05) is 40.3 Å². The molecule has 1 aliphatic heterocycles. The zero-order chi connectivity index (χ0) is 20.6. The van der Waals surface area contributed by atoms with E-state index in [0.717, 1.165) is 48.1 Å². The van der Waals surface area contributed by atoms with Crippen LogP contribution >= 0.6 is 15.9 Å². The summed E-state index contributed by atoms with van der Waals surface area (Å²) in [7, 11) is 0.0159. The summed E-state index contributed by atoms with van der Waals surface area (Å²) >= 11 is 3.59. The van der Waals surface area contributed by atoms with Gasteiger partial charge in [-0.15, -0.1) is 0 Å². The van der Waals surface area contributed by atoms with E-state index < -0.39 is 10.0 Å². The second-order valence-electron chi connectivity index (χ2n) is 7.37. The fourth-order valence-electron chi connectivity index (χ4n) is 3.62. The summed E-state index contributed by atoms with van der Waals surface area (Å²) in [5, 5.41) is 0.822. The van der Waals surface area contributed by atoms with Gasteiger partial charge in [-0.2, -0.15) is 0 Å². The van der Waals surface area contributed by atoms with Gasteiger partial charge in [-0.05, 0) is 55.1 Å². The predicted molar refractivity (Wildman–Crippen MR) is 118 cm³/mol. The summed E-state index contributed by atoms with van der Waals surface area (Å²) in [6.45, 7) is 4.72. The molecular formula is C21H24BrN3O3S. The fourth-order valence-corrected chi connectivity index (χ4v) is 5.40. The molecule has 0 bridgehead atoms. The van der Waals surface area contributed by atoms with Crippen molar-refractivity contribution in [3.05, 3.63) is 58.7 Å². The van der Waals surface area contributed by atoms with Crippen molar-refractivity contribution in [1.29, 1.82) is 0 Å². The van der Waals surface area contributed by atoms with Gasteiger partial charge < -0.3 is 9.64 Å². The summed E-state index contributed by atoms with van der Waals surface area (Å²) < 4.78 is 34.2. The molecule has 8 heteroatoms. The largest absolute Gasteiger partial charge is 0.497 e. The van der Waals surface area contributed by atoms with E-state index in [2.05, 4.69) is 32.8 Å². The average Bonchev–Trinajstić information content (AvgIpc) is 3.15. The summed E-state index contributed by atoms with van der Waals surface area (Å²) in [5.41, 5.74) is 1.61. The fraction of sp³-hybridized carbons (Fsp3) is 0.333. The van der Waals surface area contributed by atoms with Crippen LogP contribution in [0.5, 0.6) is 5.75 Å². The molecule has 2 aromatic carbocycles. The smallest absolute Gasteiger partial charge is 0.268 e. The summed E-state index contributed by atoms with van der Waals surface area (Å²) in [6.07, 6.45) is 1.60. The van der Waals surface area contributed by atoms with E-state index in [1.807, 2.05) is 12.1 Å². The van der Waals surface area contributed by atoms with Gasteiger partial charge in [-0.25, -0.2) is 12.4 Å². The Balaban J connectivity index is 1.67. The van der Waals surface area contributed by atoms with Crippen LogP contribution in [0.2, 0.25) is 0 Å². The maximum Gasteiger partial charge on any atom is 0.268 e. The second-order valence-corrected chi connectivity index (χ2v) is 10.0. The van der Waals surface area contributed by atoms with E-state index in [1.165, 1.54) is 3.97 Å². The molecule has 0 amide bonds. The van der Waals surface area contributed by atoms with Gasteiger partial charge in [-0.1, -0.05) is 15.9 Å². The molecule has 0 saturated carbocycles. The van der Waals surface area contributed by atoms with E-state index in [9.17, 15) is 8.42 Å². The normalized spacial score (nSPS) is 16.4. The monoisotopic (exact) mass is 477 g/mol. The number of rotatable bonds is 5. The van der Waals surface area contributed by atoms with Crippen molar-refractivity contribution in [3.8, 4) is 5.75 Å². The Morgan fingerprint density at radius 3 is 2.52 bits per heavy atom. The van der Waals surface area contributed by atoms with Crippen molar-refractivity contribution in [3.63, 3.8) is 0 Å². The SMILES string of the molecule is COc1ccc2c(ccn2S(=O)(=O)c2ccc(Br)c(CN3CCN(C)CC3)c2)c1. The first-order valence-corrected chi connectivity index (χ1v) is 11.7. The molecule has 1 saturated heterocycles. The van der Waals surface area contributed by atoms with Crippen molar-refractivity contribution in [2.24, 2.45) is 0 Å². The van der Waals surface area contributed by atoms with Gasteiger partial charge in [0.15, 0.2) is 0 Å². The lowest BCUT2D eigenvalue weighted by Crippen LogP contribution is -2.43. The minimum atomic E-state index is -3.70. The van der Waals surface area contributed by atoms with Crippen LogP contribution in [-0.2, 0) is 16.6 Å². The molecular weight excluding hydrogens is 454 g/mol. The van der Waals surface area contributed by atoms with E-state index in [0.29, 0.717) is 11.3 Å². The van der Waals surface area contributed by atoms with Crippen LogP contribution < -0.4 is 4.74 Å². The number of methoxy groups -OCH3 is 1. The molecule has 1 aliphatic rings. The van der Waals surface area contributed by atoms with Crippen molar-refractivity contribution in [1.82, 2.24) is 13.8 Å². The van der Waals surface area contributed by atoms with Crippen LogP contribution in [0, 0.1) is 0 Å². The van der Waals surface area contributed by atoms with Crippen LogP contribution in [0.1, 0.15) is 5.56 Å². The molecule has 0 aliphatic carbocycles. The van der Waals surface area contributed by atoms with Gasteiger partial charge in [0.2, 0.25) is 0 Å². The molecule has 6 nitrogen and oxygen atoms in total. The molecule has 0 spiro atoms. The molecule has 0 atom stereocenters. The van der Waals surface area contributed by atoms with Gasteiger partial charge in [0.1, 0.15) is 5.75 Å². The summed E-state index contributed by atoms with van der Waals surface area (Å²) in [5.74, 6) is 0.700. The summed E-state index contributed by atoms with van der Waals surface area (Å²) in [4.78, 5) is 4.95. The van der Waals surface area contributed by atoms with Crippen LogP contribution in [-0.4, -0.2) is 62.5 Å². The molecule has 1 aromatic heterocycles. The third-order valence-corrected chi connectivity index (χ3v) is 7.89. The van der Waals surface area contributed by atoms with Crippen molar-refractivity contribution in [2.45, 2.75) is 11.4 Å². The van der Waals surface area contributed by atoms with Crippen LogP contribution in [0.4, 0.5) is 0 Å². The highest BCUT2D eigenvalue weighted by Gasteiger charge is 2.21. The van der Waals surface area contributed by atoms with Crippen molar-refractivity contribution < 1.29 is 13.2 Å². The number of ether oxygens (including phenoxy) is 1. The highest BCUT2D eigenvalue weighted by atomic mass is 79.9. The Morgan fingerprint density at radius 1 is 1.03 bits per heavy atom. The molecule has 2 heterocycles. The van der Waals surface area contributed by atoms with Gasteiger partial charge in [0.05, 0.1) is 17.5 Å². The topological polar surface area (TPSA) is 54.8 Å². The number of fused-ring (bicyclic) bond motifs is 1. The average molecular weight is 478 g/mol. The number of benzene rings is 2. The van der Waals surface area contributed by atoms with Crippen LogP contribution in [0.15, 0.2) is 58.0 Å². The zero-order valence-corrected chi connectivity index (χ0v) is 18.9. The van der Waals surface area contributed by atoms with Crippen LogP contribution in [0.3, 0.4) is 0 Å². The first-order chi connectivity index (χ1) is 13.9. The quantitative estimate of drug-likeness (QED) is 0.563. The summed E-state index contributed by atoms with van der Waals surface area (Å²) in [6, 6.07) is 12.4. The lowest BCUT2D eigenvalue weighted by molar-refractivity contribution is 0.148. The van der Waals surface area contributed by atoms with Gasteiger partial charge >= 0.3 is 0 Å². The molecule has 4 rings (SSSR count). The van der Waals surface area contributed by atoms with E-state index in [4.69, 9.17) is 4.74 Å². The third kappa shape index (κ3) is 4.07. The second kappa shape index (κ2) is 8.10. The number of likely N-dealkylation sites (N-methyl/N-ethyl adjacent to an activating group) is 1. The zero-order valence-electron chi connectivity index (χ0n) is 16.5. The third-order valence-electron chi connectivity index (χ3n) is 5.43. The van der Waals surface area contributed by atoms with Crippen LogP contribution in [0.25, 0.3) is 10.9 Å². The number of halogens is 1. The molecule has 29 heavy (non-hydrogen) atoms. The number of hydrogen-bond acceptors (Lipinski definition) is 5.